The molecule has 1 aromatic carbocycles. The first-order chi connectivity index (χ1) is 12.6. The molecule has 0 spiro atoms. The van der Waals surface area contributed by atoms with Crippen LogP contribution >= 0.6 is 0 Å². The Morgan fingerprint density at radius 1 is 1.23 bits per heavy atom. The Kier molecular flexibility index (Phi) is 4.15. The first-order valence-corrected chi connectivity index (χ1v) is 8.91. The van der Waals surface area contributed by atoms with Gasteiger partial charge in [0.05, 0.1) is 12.7 Å². The molecule has 0 radical (unpaired) electrons. The van der Waals surface area contributed by atoms with Gasteiger partial charge < -0.3 is 20.6 Å². The van der Waals surface area contributed by atoms with Crippen molar-refractivity contribution in [3.63, 3.8) is 0 Å². The third-order valence-electron chi connectivity index (χ3n) is 5.29. The maximum absolute atomic E-state index is 12.3. The molecule has 134 valence electrons. The van der Waals surface area contributed by atoms with Crippen LogP contribution in [-0.2, 0) is 9.47 Å². The van der Waals surface area contributed by atoms with Crippen LogP contribution in [0.5, 0.6) is 0 Å². The summed E-state index contributed by atoms with van der Waals surface area (Å²) < 4.78 is 11.2. The number of nitrogens with two attached hydrogens (primary N) is 1. The maximum atomic E-state index is 12.3. The Balaban J connectivity index is 1.94. The molecule has 1 fully saturated rings. The zero-order valence-electron chi connectivity index (χ0n) is 14.8. The Morgan fingerprint density at radius 3 is 2.85 bits per heavy atom. The number of carbonyl (C=O) groups is 1. The van der Waals surface area contributed by atoms with Gasteiger partial charge >= 0.3 is 5.97 Å². The number of benzene rings is 1. The number of ether oxygens (including phenoxy) is 2. The lowest BCUT2D eigenvalue weighted by molar-refractivity contribution is 0.0600. The summed E-state index contributed by atoms with van der Waals surface area (Å²) in [6, 6.07) is 7.57. The first kappa shape index (κ1) is 16.6. The van der Waals surface area contributed by atoms with Crippen LogP contribution in [0.2, 0.25) is 0 Å². The normalized spacial score (nSPS) is 22.3. The molecule has 1 aromatic rings. The van der Waals surface area contributed by atoms with E-state index in [1.54, 1.807) is 6.07 Å². The molecule has 3 N–H and O–H groups in total. The van der Waals surface area contributed by atoms with Crippen molar-refractivity contribution in [3.8, 4) is 0 Å². The maximum Gasteiger partial charge on any atom is 0.338 e. The number of hydrogen-bond acceptors (Lipinski definition) is 5. The van der Waals surface area contributed by atoms with E-state index in [0.29, 0.717) is 17.7 Å². The Hall–Kier alpha value is -2.82. The number of hydrogen-bond donors (Lipinski definition) is 2. The van der Waals surface area contributed by atoms with Crippen molar-refractivity contribution in [2.75, 3.05) is 7.11 Å². The number of rotatable bonds is 2. The highest BCUT2D eigenvalue weighted by Gasteiger charge is 2.35. The molecule has 1 unspecified atom stereocenters. The smallest absolute Gasteiger partial charge is 0.338 e. The highest BCUT2D eigenvalue weighted by Crippen LogP contribution is 2.46. The monoisotopic (exact) mass is 350 g/mol. The summed E-state index contributed by atoms with van der Waals surface area (Å²) >= 11 is 0. The molecule has 2 aliphatic carbocycles. The summed E-state index contributed by atoms with van der Waals surface area (Å²) in [5.74, 6) is 0.445. The molecule has 3 aliphatic rings. The van der Waals surface area contributed by atoms with E-state index in [4.69, 9.17) is 20.6 Å². The van der Waals surface area contributed by atoms with E-state index in [0.717, 1.165) is 53.8 Å². The van der Waals surface area contributed by atoms with Gasteiger partial charge in [-0.05, 0) is 54.5 Å². The van der Waals surface area contributed by atoms with Crippen molar-refractivity contribution in [1.82, 2.24) is 0 Å². The minimum Gasteiger partial charge on any atom is -0.485 e. The fourth-order valence-electron chi connectivity index (χ4n) is 4.04. The first-order valence-electron chi connectivity index (χ1n) is 8.91. The number of fused-ring (bicyclic) bond motifs is 1. The van der Waals surface area contributed by atoms with Crippen LogP contribution in [0.3, 0.4) is 0 Å². The van der Waals surface area contributed by atoms with Crippen LogP contribution in [0.1, 0.15) is 48.0 Å². The lowest BCUT2D eigenvalue weighted by Gasteiger charge is -2.37. The molecular formula is C21H22N2O3. The zero-order valence-corrected chi connectivity index (χ0v) is 14.8. The van der Waals surface area contributed by atoms with Gasteiger partial charge in [0.1, 0.15) is 11.9 Å². The molecule has 0 bridgehead atoms. The molecule has 1 aliphatic heterocycles. The second kappa shape index (κ2) is 6.48. The molecule has 0 saturated heterocycles. The van der Waals surface area contributed by atoms with Crippen LogP contribution in [0.4, 0.5) is 0 Å². The number of carbonyl (C=O) groups excluding carboxylic acids is 1. The van der Waals surface area contributed by atoms with Gasteiger partial charge in [0, 0.05) is 23.4 Å². The van der Waals surface area contributed by atoms with Gasteiger partial charge in [-0.3, -0.25) is 0 Å². The van der Waals surface area contributed by atoms with E-state index in [1.165, 1.54) is 12.7 Å². The highest BCUT2D eigenvalue weighted by molar-refractivity contribution is 5.99. The summed E-state index contributed by atoms with van der Waals surface area (Å²) in [7, 11) is 1.40. The van der Waals surface area contributed by atoms with Crippen molar-refractivity contribution in [2.24, 2.45) is 5.73 Å². The van der Waals surface area contributed by atoms with E-state index >= 15 is 0 Å². The fourth-order valence-corrected chi connectivity index (χ4v) is 4.04. The molecular weight excluding hydrogens is 328 g/mol. The van der Waals surface area contributed by atoms with Crippen molar-refractivity contribution in [3.05, 3.63) is 64.1 Å². The van der Waals surface area contributed by atoms with Crippen LogP contribution in [0, 0.1) is 5.41 Å². The zero-order chi connectivity index (χ0) is 18.3. The van der Waals surface area contributed by atoms with Gasteiger partial charge in [0.15, 0.2) is 0 Å². The molecule has 1 heterocycles. The minimum atomic E-state index is -0.340. The summed E-state index contributed by atoms with van der Waals surface area (Å²) in [5.41, 5.74) is 12.4. The van der Waals surface area contributed by atoms with Gasteiger partial charge in [0.25, 0.3) is 0 Å². The number of methoxy groups -OCH3 is 1. The third kappa shape index (κ3) is 2.73. The van der Waals surface area contributed by atoms with Crippen molar-refractivity contribution in [2.45, 2.75) is 38.2 Å². The third-order valence-corrected chi connectivity index (χ3v) is 5.29. The van der Waals surface area contributed by atoms with Gasteiger partial charge in [-0.2, -0.15) is 0 Å². The van der Waals surface area contributed by atoms with Crippen molar-refractivity contribution in [1.29, 1.82) is 5.41 Å². The number of esters is 1. The topological polar surface area (TPSA) is 85.4 Å². The largest absolute Gasteiger partial charge is 0.485 e. The second-order valence-electron chi connectivity index (χ2n) is 6.91. The van der Waals surface area contributed by atoms with Crippen LogP contribution in [0.15, 0.2) is 52.9 Å². The molecule has 1 saturated carbocycles. The van der Waals surface area contributed by atoms with Gasteiger partial charge in [-0.1, -0.05) is 18.2 Å². The molecule has 0 amide bonds. The quantitative estimate of drug-likeness (QED) is 0.796. The van der Waals surface area contributed by atoms with Crippen molar-refractivity contribution < 1.29 is 14.3 Å². The fraction of sp³-hybridized carbons (Fsp3) is 0.333. The van der Waals surface area contributed by atoms with Crippen LogP contribution < -0.4 is 5.73 Å². The molecule has 0 aromatic heterocycles. The molecule has 5 heteroatoms. The van der Waals surface area contributed by atoms with E-state index in [9.17, 15) is 4.79 Å². The Morgan fingerprint density at radius 2 is 2.04 bits per heavy atom. The summed E-state index contributed by atoms with van der Waals surface area (Å²) in [6.45, 7) is 0. The number of allylic oxidation sites excluding steroid dienone is 4. The number of nitrogens with one attached hydrogen (secondary N) is 1. The SMILES string of the molecule is COC(=O)c1ccccc1C1=C2CCC(=N)CC2OC2=C1CCC(N)=C2. The molecule has 4 rings (SSSR count). The predicted molar refractivity (Wildman–Crippen MR) is 99.7 cm³/mol. The molecule has 5 nitrogen and oxygen atoms in total. The predicted octanol–water partition coefficient (Wildman–Crippen LogP) is 3.72. The summed E-state index contributed by atoms with van der Waals surface area (Å²) in [4.78, 5) is 12.3. The van der Waals surface area contributed by atoms with E-state index in [-0.39, 0.29) is 12.1 Å². The van der Waals surface area contributed by atoms with Crippen LogP contribution in [-0.4, -0.2) is 24.9 Å². The molecule has 1 atom stereocenters. The van der Waals surface area contributed by atoms with Gasteiger partial charge in [-0.25, -0.2) is 4.79 Å². The van der Waals surface area contributed by atoms with E-state index in [1.807, 2.05) is 24.3 Å². The summed E-state index contributed by atoms with van der Waals surface area (Å²) in [5, 5.41) is 8.06. The minimum absolute atomic E-state index is 0.155. The average Bonchev–Trinajstić information content (AvgIpc) is 2.65. The van der Waals surface area contributed by atoms with Gasteiger partial charge in [0.2, 0.25) is 0 Å². The van der Waals surface area contributed by atoms with E-state index in [2.05, 4.69) is 0 Å². The Labute approximate surface area is 152 Å². The average molecular weight is 350 g/mol. The van der Waals surface area contributed by atoms with Gasteiger partial charge in [-0.15, -0.1) is 0 Å². The van der Waals surface area contributed by atoms with Crippen molar-refractivity contribution >= 4 is 17.3 Å². The second-order valence-corrected chi connectivity index (χ2v) is 6.91. The lowest BCUT2D eigenvalue weighted by atomic mass is 9.77. The molecule has 26 heavy (non-hydrogen) atoms. The standard InChI is InChI=1S/C21H22N2O3/c1-25-21(24)15-5-3-2-4-14(15)20-16-8-6-12(22)10-18(16)26-19-11-13(23)7-9-17(19)20/h2-5,10,19,23H,6-9,11,22H2,1H3. The lowest BCUT2D eigenvalue weighted by Crippen LogP contribution is -2.30. The summed E-state index contributed by atoms with van der Waals surface area (Å²) in [6.07, 6.45) is 5.41. The van der Waals surface area contributed by atoms with E-state index < -0.39 is 0 Å². The van der Waals surface area contributed by atoms with Crippen LogP contribution in [0.25, 0.3) is 5.57 Å². The highest BCUT2D eigenvalue weighted by atomic mass is 16.5. The Bertz CT molecular complexity index is 892.